The Hall–Kier alpha value is -2.20. The van der Waals surface area contributed by atoms with Crippen molar-refractivity contribution in [3.05, 3.63) is 60.8 Å². The normalized spacial score (nSPS) is 19.5. The van der Waals surface area contributed by atoms with E-state index in [0.717, 1.165) is 70.6 Å². The number of carbonyl (C=O) groups excluding carboxylic acids is 1. The number of rotatable bonds is 49. The molecule has 1 aliphatic heterocycles. The highest BCUT2D eigenvalue weighted by Crippen LogP contribution is 2.26. The Morgan fingerprint density at radius 2 is 0.986 bits per heavy atom. The second kappa shape index (κ2) is 47.8. The average Bonchev–Trinajstić information content (AvgIpc) is 3.34. The molecule has 0 radical (unpaired) electrons. The molecule has 0 aliphatic carbocycles. The number of hydrogen-bond donors (Lipinski definition) is 4. The highest BCUT2D eigenvalue weighted by atomic mass is 32.3. The van der Waals surface area contributed by atoms with E-state index >= 15 is 0 Å². The highest BCUT2D eigenvalue weighted by Gasteiger charge is 2.48. The molecule has 1 aliphatic rings. The van der Waals surface area contributed by atoms with Crippen molar-refractivity contribution >= 4 is 16.4 Å². The number of aliphatic hydroxyl groups excluding tert-OH is 3. The van der Waals surface area contributed by atoms with Gasteiger partial charge in [-0.3, -0.25) is 9.35 Å². The number of ether oxygens (including phenoxy) is 4. The van der Waals surface area contributed by atoms with Gasteiger partial charge in [-0.15, -0.1) is 0 Å². The fraction of sp³-hybridized carbons (Fsp3) is 0.807. The zero-order chi connectivity index (χ0) is 51.0. The van der Waals surface area contributed by atoms with Crippen molar-refractivity contribution in [1.29, 1.82) is 0 Å². The summed E-state index contributed by atoms with van der Waals surface area (Å²) in [4.78, 5) is 13.0. The van der Waals surface area contributed by atoms with E-state index in [4.69, 9.17) is 18.9 Å². The monoisotopic (exact) mass is 1010 g/mol. The summed E-state index contributed by atoms with van der Waals surface area (Å²) in [5.74, 6) is -0.403. The van der Waals surface area contributed by atoms with Gasteiger partial charge < -0.3 is 34.3 Å². The maximum absolute atomic E-state index is 13.0. The topological polar surface area (TPSA) is 178 Å². The fourth-order valence-corrected chi connectivity index (χ4v) is 8.93. The van der Waals surface area contributed by atoms with E-state index in [9.17, 15) is 33.1 Å². The number of unbranched alkanes of at least 4 members (excludes halogenated alkanes) is 26. The molecule has 1 rings (SSSR count). The van der Waals surface area contributed by atoms with Crippen LogP contribution >= 0.6 is 0 Å². The van der Waals surface area contributed by atoms with Crippen molar-refractivity contribution in [3.63, 3.8) is 0 Å². The van der Waals surface area contributed by atoms with Gasteiger partial charge in [-0.05, 0) is 77.0 Å². The maximum atomic E-state index is 13.0. The molecule has 0 amide bonds. The molecule has 70 heavy (non-hydrogen) atoms. The summed E-state index contributed by atoms with van der Waals surface area (Å²) in [5.41, 5.74) is 0. The van der Waals surface area contributed by atoms with Crippen LogP contribution in [0.15, 0.2) is 60.8 Å². The molecule has 1 saturated heterocycles. The Morgan fingerprint density at radius 3 is 1.46 bits per heavy atom. The molecule has 4 N–H and O–H groups in total. The molecule has 1 fully saturated rings. The van der Waals surface area contributed by atoms with Gasteiger partial charge in [0.25, 0.3) is 0 Å². The van der Waals surface area contributed by atoms with Crippen LogP contribution in [0, 0.1) is 0 Å². The number of esters is 1. The molecular formula is C57H102O12S. The van der Waals surface area contributed by atoms with Crippen LogP contribution in [-0.2, 0) is 38.3 Å². The summed E-state index contributed by atoms with van der Waals surface area (Å²) in [6, 6.07) is 0. The van der Waals surface area contributed by atoms with Gasteiger partial charge in [0.15, 0.2) is 6.29 Å². The van der Waals surface area contributed by atoms with E-state index in [2.05, 4.69) is 78.8 Å². The van der Waals surface area contributed by atoms with Crippen LogP contribution in [0.3, 0.4) is 0 Å². The van der Waals surface area contributed by atoms with Crippen molar-refractivity contribution in [2.24, 2.45) is 0 Å². The largest absolute Gasteiger partial charge is 0.457 e. The van der Waals surface area contributed by atoms with Crippen LogP contribution in [0.5, 0.6) is 0 Å². The molecule has 0 spiro atoms. The highest BCUT2D eigenvalue weighted by molar-refractivity contribution is 7.80. The predicted molar refractivity (Wildman–Crippen MR) is 285 cm³/mol. The summed E-state index contributed by atoms with van der Waals surface area (Å²) in [6.07, 6.45) is 52.5. The van der Waals surface area contributed by atoms with Crippen molar-refractivity contribution in [2.45, 2.75) is 269 Å². The second-order valence-corrected chi connectivity index (χ2v) is 20.2. The van der Waals surface area contributed by atoms with Crippen LogP contribution in [-0.4, -0.2) is 97.5 Å². The molecule has 0 aromatic carbocycles. The smallest absolute Gasteiger partial charge is 0.397 e. The first-order valence-electron chi connectivity index (χ1n) is 28.0. The third kappa shape index (κ3) is 40.3. The lowest BCUT2D eigenvalue weighted by Gasteiger charge is -2.41. The Balaban J connectivity index is 2.32. The molecular weight excluding hydrogens is 909 g/mol. The average molecular weight is 1010 g/mol. The first-order chi connectivity index (χ1) is 34.1. The van der Waals surface area contributed by atoms with E-state index in [0.29, 0.717) is 13.0 Å². The van der Waals surface area contributed by atoms with Crippen LogP contribution in [0.1, 0.15) is 232 Å². The molecule has 0 aromatic heterocycles. The first kappa shape index (κ1) is 65.8. The van der Waals surface area contributed by atoms with Crippen molar-refractivity contribution in [2.75, 3.05) is 26.4 Å². The molecule has 1 heterocycles. The number of allylic oxidation sites excluding steroid dienone is 10. The van der Waals surface area contributed by atoms with Crippen LogP contribution in [0.25, 0.3) is 0 Å². The summed E-state index contributed by atoms with van der Waals surface area (Å²) < 4.78 is 59.4. The zero-order valence-electron chi connectivity index (χ0n) is 44.1. The van der Waals surface area contributed by atoms with Gasteiger partial charge in [0.2, 0.25) is 0 Å². The van der Waals surface area contributed by atoms with Crippen molar-refractivity contribution < 1.29 is 56.2 Å². The van der Waals surface area contributed by atoms with Crippen molar-refractivity contribution in [3.8, 4) is 0 Å². The zero-order valence-corrected chi connectivity index (χ0v) is 44.9. The van der Waals surface area contributed by atoms with Crippen molar-refractivity contribution in [1.82, 2.24) is 0 Å². The Kier molecular flexibility index (Phi) is 44.9. The molecule has 6 atom stereocenters. The Morgan fingerprint density at radius 1 is 0.557 bits per heavy atom. The van der Waals surface area contributed by atoms with E-state index < -0.39 is 59.8 Å². The molecule has 408 valence electrons. The summed E-state index contributed by atoms with van der Waals surface area (Å²) in [7, 11) is -5.07. The second-order valence-electron chi connectivity index (χ2n) is 19.1. The maximum Gasteiger partial charge on any atom is 0.397 e. The van der Waals surface area contributed by atoms with Gasteiger partial charge in [-0.25, -0.2) is 4.18 Å². The lowest BCUT2D eigenvalue weighted by atomic mass is 9.99. The van der Waals surface area contributed by atoms with E-state index in [1.54, 1.807) is 0 Å². The van der Waals surface area contributed by atoms with Gasteiger partial charge in [-0.2, -0.15) is 8.42 Å². The quantitative estimate of drug-likeness (QED) is 0.0196. The third-order valence-corrected chi connectivity index (χ3v) is 13.1. The van der Waals surface area contributed by atoms with E-state index in [1.807, 2.05) is 0 Å². The summed E-state index contributed by atoms with van der Waals surface area (Å²) in [6.45, 7) is 3.90. The van der Waals surface area contributed by atoms with Gasteiger partial charge >= 0.3 is 16.4 Å². The van der Waals surface area contributed by atoms with Gasteiger partial charge in [0, 0.05) is 13.0 Å². The number of hydrogen-bond acceptors (Lipinski definition) is 11. The fourth-order valence-electron chi connectivity index (χ4n) is 8.42. The number of carbonyl (C=O) groups is 1. The Bertz CT molecular complexity index is 1450. The third-order valence-electron chi connectivity index (χ3n) is 12.6. The SMILES string of the molecule is CC/C=C\C/C=C\C/C=C\C/C=C\CCCCCCCCCCCCC(=O)OC(COCCCCCCCCCCCC/C=C\CCCCCCCC)COC1OC(CO)C(O)C(OS(=O)(=O)O)C1O. The molecule has 0 bridgehead atoms. The Labute approximate surface area is 427 Å². The lowest BCUT2D eigenvalue weighted by molar-refractivity contribution is -0.301. The molecule has 13 heteroatoms. The standard InChI is InChI=1S/C57H102O12S/c1-3-5-7-9-11-13-15-17-19-21-23-25-26-27-28-30-32-34-36-38-40-42-44-46-53(59)67-51(50-66-57-55(61)56(69-70(62,63)64)54(60)52(48-58)68-57)49-65-47-45-43-41-39-37-35-33-31-29-24-22-20-18-16-14-12-10-8-6-4-2/h5,7,11,13,17-20,23,25,51-52,54-58,60-61H,3-4,6,8-10,12,14-16,21-22,24,26-50H2,1-2H3,(H,62,63,64)/b7-5-,13-11-,19-17-,20-18-,25-23-. The molecule has 12 nitrogen and oxygen atoms in total. The van der Waals surface area contributed by atoms with Gasteiger partial charge in [0.1, 0.15) is 30.5 Å². The van der Waals surface area contributed by atoms with Crippen LogP contribution < -0.4 is 0 Å². The predicted octanol–water partition coefficient (Wildman–Crippen LogP) is 13.6. The first-order valence-corrected chi connectivity index (χ1v) is 29.4. The van der Waals surface area contributed by atoms with E-state index in [-0.39, 0.29) is 19.6 Å². The minimum absolute atomic E-state index is 0.0326. The summed E-state index contributed by atoms with van der Waals surface area (Å²) >= 11 is 0. The van der Waals surface area contributed by atoms with Gasteiger partial charge in [0.05, 0.1) is 19.8 Å². The lowest BCUT2D eigenvalue weighted by Crippen LogP contribution is -2.60. The van der Waals surface area contributed by atoms with E-state index in [1.165, 1.54) is 135 Å². The molecule has 0 aromatic rings. The van der Waals surface area contributed by atoms with Crippen LogP contribution in [0.4, 0.5) is 0 Å². The number of aliphatic hydroxyl groups is 3. The minimum atomic E-state index is -5.07. The van der Waals surface area contributed by atoms with Gasteiger partial charge in [-0.1, -0.05) is 209 Å². The van der Waals surface area contributed by atoms with Crippen LogP contribution in [0.2, 0.25) is 0 Å². The molecule has 6 unspecified atom stereocenters. The summed E-state index contributed by atoms with van der Waals surface area (Å²) in [5, 5.41) is 30.8. The molecule has 0 saturated carbocycles. The minimum Gasteiger partial charge on any atom is -0.457 e.